The van der Waals surface area contributed by atoms with Crippen molar-refractivity contribution in [1.82, 2.24) is 4.90 Å². The Morgan fingerprint density at radius 1 is 1.32 bits per heavy atom. The normalized spacial score (nSPS) is 12.3. The van der Waals surface area contributed by atoms with E-state index in [1.807, 2.05) is 52.0 Å². The predicted octanol–water partition coefficient (Wildman–Crippen LogP) is 3.02. The Bertz CT molecular complexity index is 472. The van der Waals surface area contributed by atoms with Gasteiger partial charge in [0.1, 0.15) is 5.75 Å². The van der Waals surface area contributed by atoms with Crippen LogP contribution in [0.3, 0.4) is 0 Å². The van der Waals surface area contributed by atoms with Crippen LogP contribution in [0.15, 0.2) is 24.3 Å². The number of ether oxygens (including phenoxy) is 1. The number of carbonyl (C=O) groups excluding carboxylic acids is 1. The first-order valence-corrected chi connectivity index (χ1v) is 7.42. The summed E-state index contributed by atoms with van der Waals surface area (Å²) in [5.74, 6) is 0.885. The van der Waals surface area contributed by atoms with Crippen LogP contribution < -0.4 is 10.5 Å². The summed E-state index contributed by atoms with van der Waals surface area (Å²) >= 11 is 0. The molecule has 1 atom stereocenters. The Balaban J connectivity index is 0.00000441. The van der Waals surface area contributed by atoms with Crippen molar-refractivity contribution in [3.05, 3.63) is 29.8 Å². The number of benzene rings is 1. The number of likely N-dealkylation sites (N-methyl/N-ethyl adjacent to an activating group) is 1. The molecule has 1 amide bonds. The Morgan fingerprint density at radius 3 is 2.45 bits per heavy atom. The summed E-state index contributed by atoms with van der Waals surface area (Å²) in [5.41, 5.74) is 6.89. The second-order valence-corrected chi connectivity index (χ2v) is 6.57. The summed E-state index contributed by atoms with van der Waals surface area (Å²) in [5, 5.41) is 0. The molecule has 0 radical (unpaired) electrons. The standard InChI is InChI=1S/C17H28N2O2.ClH/c1-13-9-6-7-10-14(13)21-12-8-11-19(5)16(20)15(18)17(2,3)4;/h6-7,9-10,15H,8,11-12,18H2,1-5H3;1H/t15-;/m1./s1. The van der Waals surface area contributed by atoms with Crippen molar-refractivity contribution in [2.75, 3.05) is 20.2 Å². The molecular formula is C17H29ClN2O2. The summed E-state index contributed by atoms with van der Waals surface area (Å²) in [4.78, 5) is 13.9. The monoisotopic (exact) mass is 328 g/mol. The van der Waals surface area contributed by atoms with E-state index in [2.05, 4.69) is 0 Å². The van der Waals surface area contributed by atoms with Gasteiger partial charge in [-0.05, 0) is 30.4 Å². The number of amides is 1. The predicted molar refractivity (Wildman–Crippen MR) is 93.6 cm³/mol. The SMILES string of the molecule is Cc1ccccc1OCCCN(C)C(=O)[C@@H](N)C(C)(C)C.Cl. The van der Waals surface area contributed by atoms with Gasteiger partial charge >= 0.3 is 0 Å². The van der Waals surface area contributed by atoms with Crippen LogP contribution in [-0.2, 0) is 4.79 Å². The van der Waals surface area contributed by atoms with E-state index in [1.165, 1.54) is 0 Å². The smallest absolute Gasteiger partial charge is 0.239 e. The minimum Gasteiger partial charge on any atom is -0.493 e. The number of hydrogen-bond donors (Lipinski definition) is 1. The van der Waals surface area contributed by atoms with Gasteiger partial charge in [-0.2, -0.15) is 0 Å². The van der Waals surface area contributed by atoms with Crippen molar-refractivity contribution in [3.63, 3.8) is 0 Å². The summed E-state index contributed by atoms with van der Waals surface area (Å²) in [7, 11) is 1.79. The highest BCUT2D eigenvalue weighted by atomic mass is 35.5. The molecule has 0 spiro atoms. The van der Waals surface area contributed by atoms with E-state index in [0.29, 0.717) is 13.2 Å². The van der Waals surface area contributed by atoms with E-state index in [0.717, 1.165) is 17.7 Å². The fraction of sp³-hybridized carbons (Fsp3) is 0.588. The van der Waals surface area contributed by atoms with E-state index in [9.17, 15) is 4.79 Å². The van der Waals surface area contributed by atoms with Crippen LogP contribution in [0.2, 0.25) is 0 Å². The van der Waals surface area contributed by atoms with Gasteiger partial charge in [0.05, 0.1) is 12.6 Å². The molecule has 0 heterocycles. The van der Waals surface area contributed by atoms with Crippen molar-refractivity contribution in [2.24, 2.45) is 11.1 Å². The lowest BCUT2D eigenvalue weighted by Gasteiger charge is -2.30. The highest BCUT2D eigenvalue weighted by molar-refractivity contribution is 5.85. The van der Waals surface area contributed by atoms with Crippen LogP contribution >= 0.6 is 12.4 Å². The maximum atomic E-state index is 12.2. The number of carbonyl (C=O) groups is 1. The second-order valence-electron chi connectivity index (χ2n) is 6.57. The van der Waals surface area contributed by atoms with E-state index in [-0.39, 0.29) is 23.7 Å². The zero-order chi connectivity index (χ0) is 16.0. The molecule has 1 rings (SSSR count). The molecule has 0 aliphatic carbocycles. The number of nitrogens with two attached hydrogens (primary N) is 1. The molecule has 2 N–H and O–H groups in total. The fourth-order valence-corrected chi connectivity index (χ4v) is 1.92. The van der Waals surface area contributed by atoms with Crippen LogP contribution in [0.25, 0.3) is 0 Å². The van der Waals surface area contributed by atoms with E-state index >= 15 is 0 Å². The maximum absolute atomic E-state index is 12.2. The van der Waals surface area contributed by atoms with Crippen LogP contribution in [0.5, 0.6) is 5.75 Å². The first-order chi connectivity index (χ1) is 9.73. The Hall–Kier alpha value is -1.26. The van der Waals surface area contributed by atoms with Gasteiger partial charge in [-0.3, -0.25) is 4.79 Å². The number of hydrogen-bond acceptors (Lipinski definition) is 3. The van der Waals surface area contributed by atoms with Crippen LogP contribution in [-0.4, -0.2) is 37.0 Å². The number of nitrogens with zero attached hydrogens (tertiary/aromatic N) is 1. The van der Waals surface area contributed by atoms with Gasteiger partial charge < -0.3 is 15.4 Å². The average molecular weight is 329 g/mol. The third-order valence-electron chi connectivity index (χ3n) is 3.56. The Morgan fingerprint density at radius 2 is 1.91 bits per heavy atom. The molecule has 22 heavy (non-hydrogen) atoms. The van der Waals surface area contributed by atoms with Crippen molar-refractivity contribution in [1.29, 1.82) is 0 Å². The molecule has 4 nitrogen and oxygen atoms in total. The maximum Gasteiger partial charge on any atom is 0.239 e. The number of para-hydroxylation sites is 1. The van der Waals surface area contributed by atoms with Crippen LogP contribution in [0, 0.1) is 12.3 Å². The zero-order valence-electron chi connectivity index (χ0n) is 14.3. The molecule has 0 aromatic heterocycles. The van der Waals surface area contributed by atoms with Gasteiger partial charge in [-0.15, -0.1) is 12.4 Å². The summed E-state index contributed by atoms with van der Waals surface area (Å²) in [6, 6.07) is 7.45. The van der Waals surface area contributed by atoms with Crippen LogP contribution in [0.4, 0.5) is 0 Å². The molecular weight excluding hydrogens is 300 g/mol. The van der Waals surface area contributed by atoms with Crippen molar-refractivity contribution < 1.29 is 9.53 Å². The minimum atomic E-state index is -0.472. The average Bonchev–Trinajstić information content (AvgIpc) is 2.42. The van der Waals surface area contributed by atoms with Crippen molar-refractivity contribution in [2.45, 2.75) is 40.2 Å². The molecule has 126 valence electrons. The van der Waals surface area contributed by atoms with Gasteiger partial charge in [0.25, 0.3) is 0 Å². The molecule has 0 unspecified atom stereocenters. The zero-order valence-corrected chi connectivity index (χ0v) is 15.1. The largest absolute Gasteiger partial charge is 0.493 e. The summed E-state index contributed by atoms with van der Waals surface area (Å²) in [6.07, 6.45) is 0.785. The third-order valence-corrected chi connectivity index (χ3v) is 3.56. The van der Waals surface area contributed by atoms with Crippen LogP contribution in [0.1, 0.15) is 32.8 Å². The van der Waals surface area contributed by atoms with Crippen molar-refractivity contribution >= 4 is 18.3 Å². The molecule has 0 aliphatic heterocycles. The topological polar surface area (TPSA) is 55.6 Å². The van der Waals surface area contributed by atoms with E-state index in [1.54, 1.807) is 11.9 Å². The second kappa shape index (κ2) is 9.01. The molecule has 0 saturated carbocycles. The van der Waals surface area contributed by atoms with Gasteiger partial charge in [-0.25, -0.2) is 0 Å². The lowest BCUT2D eigenvalue weighted by molar-refractivity contribution is -0.133. The molecule has 0 bridgehead atoms. The number of halogens is 1. The lowest BCUT2D eigenvalue weighted by Crippen LogP contribution is -2.49. The highest BCUT2D eigenvalue weighted by Gasteiger charge is 2.29. The van der Waals surface area contributed by atoms with Crippen molar-refractivity contribution in [3.8, 4) is 5.75 Å². The fourth-order valence-electron chi connectivity index (χ4n) is 1.92. The highest BCUT2D eigenvalue weighted by Crippen LogP contribution is 2.19. The Kier molecular flexibility index (Phi) is 8.49. The lowest BCUT2D eigenvalue weighted by atomic mass is 9.86. The number of aryl methyl sites for hydroxylation is 1. The molecule has 1 aromatic carbocycles. The Labute approximate surface area is 140 Å². The summed E-state index contributed by atoms with van der Waals surface area (Å²) in [6.45, 7) is 9.19. The molecule has 0 fully saturated rings. The minimum absolute atomic E-state index is 0. The first-order valence-electron chi connectivity index (χ1n) is 7.42. The van der Waals surface area contributed by atoms with Gasteiger partial charge in [-0.1, -0.05) is 39.0 Å². The number of rotatable bonds is 6. The van der Waals surface area contributed by atoms with E-state index < -0.39 is 6.04 Å². The molecule has 0 aliphatic rings. The summed E-state index contributed by atoms with van der Waals surface area (Å²) < 4.78 is 5.73. The molecule has 0 saturated heterocycles. The van der Waals surface area contributed by atoms with E-state index in [4.69, 9.17) is 10.5 Å². The third kappa shape index (κ3) is 6.24. The van der Waals surface area contributed by atoms with Gasteiger partial charge in [0, 0.05) is 13.6 Å². The molecule has 5 heteroatoms. The van der Waals surface area contributed by atoms with Gasteiger partial charge in [0.15, 0.2) is 0 Å². The quantitative estimate of drug-likeness (QED) is 0.817. The first kappa shape index (κ1) is 20.7. The van der Waals surface area contributed by atoms with Gasteiger partial charge in [0.2, 0.25) is 5.91 Å². The molecule has 1 aromatic rings.